The van der Waals surface area contributed by atoms with Crippen molar-refractivity contribution in [2.75, 3.05) is 12.0 Å². The van der Waals surface area contributed by atoms with Gasteiger partial charge in [0.2, 0.25) is 11.8 Å². The lowest BCUT2D eigenvalue weighted by Crippen LogP contribution is -2.15. The molecule has 18 heavy (non-hydrogen) atoms. The molecule has 2 heterocycles. The average Bonchev–Trinajstić information content (AvgIpc) is 2.60. The van der Waals surface area contributed by atoms with E-state index in [2.05, 4.69) is 15.4 Å². The third-order valence-corrected chi connectivity index (χ3v) is 2.61. The Balaban J connectivity index is 2.29. The van der Waals surface area contributed by atoms with Crippen LogP contribution in [-0.2, 0) is 0 Å². The summed E-state index contributed by atoms with van der Waals surface area (Å²) >= 11 is 0. The minimum absolute atomic E-state index is 0.542. The Bertz CT molecular complexity index is 528. The predicted octanol–water partition coefficient (Wildman–Crippen LogP) is 2.48. The maximum absolute atomic E-state index is 5.41. The molecular weight excluding hydrogens is 228 g/mol. The molecule has 2 rings (SSSR count). The van der Waals surface area contributed by atoms with Crippen LogP contribution < -0.4 is 10.2 Å². The van der Waals surface area contributed by atoms with Gasteiger partial charge in [-0.15, -0.1) is 0 Å². The maximum atomic E-state index is 5.41. The first-order valence-electron chi connectivity index (χ1n) is 6.00. The first kappa shape index (κ1) is 12.4. The van der Waals surface area contributed by atoms with Crippen LogP contribution in [0.1, 0.15) is 24.0 Å². The second-order valence-corrected chi connectivity index (χ2v) is 4.17. The van der Waals surface area contributed by atoms with E-state index in [4.69, 9.17) is 4.74 Å². The van der Waals surface area contributed by atoms with Crippen molar-refractivity contribution in [2.24, 2.45) is 0 Å². The van der Waals surface area contributed by atoms with Crippen LogP contribution in [0.15, 0.2) is 18.2 Å². The van der Waals surface area contributed by atoms with E-state index in [-0.39, 0.29) is 0 Å². The fourth-order valence-corrected chi connectivity index (χ4v) is 1.76. The summed E-state index contributed by atoms with van der Waals surface area (Å²) in [5.74, 6) is 1.14. The number of nitrogens with zero attached hydrogens (tertiary/aromatic N) is 3. The Morgan fingerprint density at radius 3 is 2.44 bits per heavy atom. The predicted molar refractivity (Wildman–Crippen MR) is 70.9 cm³/mol. The summed E-state index contributed by atoms with van der Waals surface area (Å²) < 4.78 is 7.36. The summed E-state index contributed by atoms with van der Waals surface area (Å²) in [7, 11) is 0. The number of nitrogens with one attached hydrogen (secondary N) is 1. The van der Waals surface area contributed by atoms with Gasteiger partial charge in [0.05, 0.1) is 6.61 Å². The van der Waals surface area contributed by atoms with Gasteiger partial charge < -0.3 is 4.74 Å². The van der Waals surface area contributed by atoms with Gasteiger partial charge in [-0.3, -0.25) is 10.1 Å². The number of ether oxygens (including phenoxy) is 1. The Labute approximate surface area is 107 Å². The molecule has 5 heteroatoms. The van der Waals surface area contributed by atoms with Gasteiger partial charge in [-0.2, -0.15) is 4.98 Å². The molecule has 0 saturated carbocycles. The lowest BCUT2D eigenvalue weighted by Gasteiger charge is -2.12. The quantitative estimate of drug-likeness (QED) is 0.900. The average molecular weight is 246 g/mol. The van der Waals surface area contributed by atoms with E-state index in [9.17, 15) is 0 Å². The van der Waals surface area contributed by atoms with E-state index < -0.39 is 0 Å². The highest BCUT2D eigenvalue weighted by atomic mass is 16.5. The Hall–Kier alpha value is -2.04. The van der Waals surface area contributed by atoms with Gasteiger partial charge in [-0.25, -0.2) is 4.98 Å². The molecule has 0 saturated heterocycles. The summed E-state index contributed by atoms with van der Waals surface area (Å²) in [6.07, 6.45) is 0. The smallest absolute Gasteiger partial charge is 0.245 e. The highest BCUT2D eigenvalue weighted by molar-refractivity contribution is 5.32. The summed E-state index contributed by atoms with van der Waals surface area (Å²) in [6, 6.07) is 5.91. The topological polar surface area (TPSA) is 52.0 Å². The van der Waals surface area contributed by atoms with Gasteiger partial charge in [0.25, 0.3) is 0 Å². The molecule has 0 aliphatic heterocycles. The second-order valence-electron chi connectivity index (χ2n) is 4.17. The van der Waals surface area contributed by atoms with Crippen molar-refractivity contribution < 1.29 is 4.74 Å². The molecule has 0 aliphatic carbocycles. The molecule has 0 radical (unpaired) electrons. The number of hydrogen-bond acceptors (Lipinski definition) is 4. The Kier molecular flexibility index (Phi) is 3.50. The third-order valence-electron chi connectivity index (χ3n) is 2.61. The standard InChI is InChI=1S/C13H18N4O/c1-5-18-12-8-9(2)14-13(15-12)16-17-10(3)6-7-11(17)4/h6-8H,5H2,1-4H3,(H,14,15,16). The van der Waals surface area contributed by atoms with E-state index in [1.165, 1.54) is 0 Å². The van der Waals surface area contributed by atoms with Gasteiger partial charge in [0, 0.05) is 23.1 Å². The number of hydrogen-bond donors (Lipinski definition) is 1. The van der Waals surface area contributed by atoms with Crippen LogP contribution in [0, 0.1) is 20.8 Å². The van der Waals surface area contributed by atoms with Crippen molar-refractivity contribution in [3.63, 3.8) is 0 Å². The first-order chi connectivity index (χ1) is 8.60. The maximum Gasteiger partial charge on any atom is 0.245 e. The van der Waals surface area contributed by atoms with Gasteiger partial charge in [-0.1, -0.05) is 0 Å². The number of aromatic nitrogens is 3. The number of rotatable bonds is 4. The van der Waals surface area contributed by atoms with E-state index in [1.54, 1.807) is 0 Å². The largest absolute Gasteiger partial charge is 0.478 e. The van der Waals surface area contributed by atoms with E-state index in [0.29, 0.717) is 18.4 Å². The van der Waals surface area contributed by atoms with Crippen molar-refractivity contribution in [3.05, 3.63) is 35.3 Å². The van der Waals surface area contributed by atoms with Crippen LogP contribution in [0.2, 0.25) is 0 Å². The molecule has 0 amide bonds. The zero-order valence-corrected chi connectivity index (χ0v) is 11.2. The first-order valence-corrected chi connectivity index (χ1v) is 6.00. The van der Waals surface area contributed by atoms with Crippen molar-refractivity contribution in [1.82, 2.24) is 14.6 Å². The molecule has 1 N–H and O–H groups in total. The van der Waals surface area contributed by atoms with Crippen LogP contribution in [0.5, 0.6) is 5.88 Å². The van der Waals surface area contributed by atoms with E-state index in [1.807, 2.05) is 50.6 Å². The van der Waals surface area contributed by atoms with Gasteiger partial charge in [-0.05, 0) is 39.8 Å². The molecule has 0 aliphatic rings. The van der Waals surface area contributed by atoms with Crippen molar-refractivity contribution in [2.45, 2.75) is 27.7 Å². The second kappa shape index (κ2) is 5.08. The zero-order valence-electron chi connectivity index (χ0n) is 11.2. The number of anilines is 1. The fraction of sp³-hybridized carbons (Fsp3) is 0.385. The highest BCUT2D eigenvalue weighted by Crippen LogP contribution is 2.14. The van der Waals surface area contributed by atoms with Crippen LogP contribution in [-0.4, -0.2) is 21.3 Å². The molecule has 96 valence electrons. The molecule has 0 aromatic carbocycles. The van der Waals surface area contributed by atoms with Gasteiger partial charge >= 0.3 is 0 Å². The lowest BCUT2D eigenvalue weighted by atomic mass is 10.4. The summed E-state index contributed by atoms with van der Waals surface area (Å²) in [5, 5.41) is 0. The normalized spacial score (nSPS) is 10.4. The minimum Gasteiger partial charge on any atom is -0.478 e. The van der Waals surface area contributed by atoms with Crippen LogP contribution in [0.3, 0.4) is 0 Å². The van der Waals surface area contributed by atoms with Crippen molar-refractivity contribution >= 4 is 5.95 Å². The monoisotopic (exact) mass is 246 g/mol. The summed E-state index contributed by atoms with van der Waals surface area (Å²) in [5.41, 5.74) is 6.26. The Morgan fingerprint density at radius 2 is 1.83 bits per heavy atom. The number of aryl methyl sites for hydroxylation is 3. The summed E-state index contributed by atoms with van der Waals surface area (Å²) in [4.78, 5) is 8.67. The highest BCUT2D eigenvalue weighted by Gasteiger charge is 2.06. The molecular formula is C13H18N4O. The molecule has 0 atom stereocenters. The molecule has 0 bridgehead atoms. The van der Waals surface area contributed by atoms with Crippen LogP contribution >= 0.6 is 0 Å². The van der Waals surface area contributed by atoms with Crippen LogP contribution in [0.25, 0.3) is 0 Å². The van der Waals surface area contributed by atoms with E-state index >= 15 is 0 Å². The molecule has 0 spiro atoms. The molecule has 2 aromatic rings. The van der Waals surface area contributed by atoms with Crippen LogP contribution in [0.4, 0.5) is 5.95 Å². The lowest BCUT2D eigenvalue weighted by molar-refractivity contribution is 0.326. The minimum atomic E-state index is 0.542. The zero-order chi connectivity index (χ0) is 13.1. The SMILES string of the molecule is CCOc1cc(C)nc(Nn2c(C)ccc2C)n1. The van der Waals surface area contributed by atoms with Gasteiger partial charge in [0.15, 0.2) is 0 Å². The van der Waals surface area contributed by atoms with Crippen molar-refractivity contribution in [1.29, 1.82) is 0 Å². The molecule has 5 nitrogen and oxygen atoms in total. The third kappa shape index (κ3) is 2.61. The fourth-order valence-electron chi connectivity index (χ4n) is 1.76. The molecule has 0 unspecified atom stereocenters. The molecule has 2 aromatic heterocycles. The van der Waals surface area contributed by atoms with E-state index in [0.717, 1.165) is 17.1 Å². The van der Waals surface area contributed by atoms with Gasteiger partial charge in [0.1, 0.15) is 0 Å². The van der Waals surface area contributed by atoms with Crippen molar-refractivity contribution in [3.8, 4) is 5.88 Å². The Morgan fingerprint density at radius 1 is 1.17 bits per heavy atom. The summed E-state index contributed by atoms with van der Waals surface area (Å²) in [6.45, 7) is 8.51. The molecule has 0 fully saturated rings.